The van der Waals surface area contributed by atoms with E-state index in [1.807, 2.05) is 0 Å². The van der Waals surface area contributed by atoms with E-state index < -0.39 is 0 Å². The van der Waals surface area contributed by atoms with Crippen molar-refractivity contribution in [2.45, 2.75) is 12.8 Å². The Morgan fingerprint density at radius 1 is 1.29 bits per heavy atom. The fourth-order valence-corrected chi connectivity index (χ4v) is 1.53. The molecule has 90 valence electrons. The van der Waals surface area contributed by atoms with Crippen LogP contribution >= 0.6 is 0 Å². The number of carbonyl (C=O) groups excluding carboxylic acids is 2. The summed E-state index contributed by atoms with van der Waals surface area (Å²) in [5.74, 6) is 0.00476. The van der Waals surface area contributed by atoms with E-state index in [1.165, 1.54) is 7.11 Å². The first kappa shape index (κ1) is 11.6. The monoisotopic (exact) mass is 234 g/mol. The van der Waals surface area contributed by atoms with Crippen molar-refractivity contribution < 1.29 is 19.1 Å². The Labute approximate surface area is 99.5 Å². The maximum atomic E-state index is 11.8. The summed E-state index contributed by atoms with van der Waals surface area (Å²) >= 11 is 0. The van der Waals surface area contributed by atoms with Crippen LogP contribution in [0.1, 0.15) is 23.2 Å². The number of ketones is 1. The average Bonchev–Trinajstić information content (AvgIpc) is 3.19. The third-order valence-corrected chi connectivity index (χ3v) is 2.66. The molecule has 0 N–H and O–H groups in total. The Balaban J connectivity index is 1.96. The zero-order valence-corrected chi connectivity index (χ0v) is 9.64. The first-order valence-corrected chi connectivity index (χ1v) is 5.55. The minimum atomic E-state index is -0.270. The van der Waals surface area contributed by atoms with Gasteiger partial charge in [0, 0.05) is 0 Å². The highest BCUT2D eigenvalue weighted by Gasteiger charge is 2.31. The lowest BCUT2D eigenvalue weighted by Gasteiger charge is -2.07. The van der Waals surface area contributed by atoms with Crippen LogP contribution in [0.15, 0.2) is 24.3 Å². The van der Waals surface area contributed by atoms with Crippen LogP contribution < -0.4 is 4.74 Å². The molecule has 1 aliphatic carbocycles. The predicted molar refractivity (Wildman–Crippen MR) is 61.0 cm³/mol. The van der Waals surface area contributed by atoms with Crippen LogP contribution in [-0.2, 0) is 9.53 Å². The van der Waals surface area contributed by atoms with Crippen molar-refractivity contribution in [2.75, 3.05) is 13.7 Å². The van der Waals surface area contributed by atoms with Gasteiger partial charge in [-0.3, -0.25) is 9.59 Å². The maximum Gasteiger partial charge on any atom is 0.309 e. The predicted octanol–water partition coefficient (Wildman–Crippen LogP) is 1.83. The summed E-state index contributed by atoms with van der Waals surface area (Å²) in [6.45, 7) is -0.213. The van der Waals surface area contributed by atoms with Crippen molar-refractivity contribution in [3.05, 3.63) is 29.8 Å². The van der Waals surface area contributed by atoms with E-state index in [1.54, 1.807) is 24.3 Å². The van der Waals surface area contributed by atoms with Gasteiger partial charge in [-0.25, -0.2) is 0 Å². The number of ether oxygens (including phenoxy) is 2. The zero-order valence-electron chi connectivity index (χ0n) is 9.64. The van der Waals surface area contributed by atoms with Crippen molar-refractivity contribution in [1.29, 1.82) is 0 Å². The standard InChI is InChI=1S/C13H14O4/c1-16-12-5-3-2-4-10(12)11(14)8-17-13(15)9-6-7-9/h2-5,9H,6-8H2,1H3. The van der Waals surface area contributed by atoms with Crippen molar-refractivity contribution in [3.8, 4) is 5.75 Å². The van der Waals surface area contributed by atoms with Crippen LogP contribution in [-0.4, -0.2) is 25.5 Å². The summed E-state index contributed by atoms with van der Waals surface area (Å²) in [5.41, 5.74) is 0.443. The van der Waals surface area contributed by atoms with Gasteiger partial charge in [-0.15, -0.1) is 0 Å². The SMILES string of the molecule is COc1ccccc1C(=O)COC(=O)C1CC1. The van der Waals surface area contributed by atoms with Crippen LogP contribution in [0.2, 0.25) is 0 Å². The number of hydrogen-bond acceptors (Lipinski definition) is 4. The highest BCUT2D eigenvalue weighted by atomic mass is 16.5. The number of esters is 1. The number of para-hydroxylation sites is 1. The van der Waals surface area contributed by atoms with Crippen LogP contribution in [0.3, 0.4) is 0 Å². The molecule has 1 aromatic rings. The van der Waals surface area contributed by atoms with E-state index in [0.717, 1.165) is 12.8 Å². The van der Waals surface area contributed by atoms with Gasteiger partial charge in [-0.2, -0.15) is 0 Å². The Hall–Kier alpha value is -1.84. The molecule has 0 amide bonds. The molecule has 0 radical (unpaired) electrons. The molecule has 0 aromatic heterocycles. The van der Waals surface area contributed by atoms with Crippen molar-refractivity contribution >= 4 is 11.8 Å². The molecule has 0 saturated heterocycles. The van der Waals surface area contributed by atoms with Gasteiger partial charge in [0.15, 0.2) is 6.61 Å². The van der Waals surface area contributed by atoms with Gasteiger partial charge in [0.25, 0.3) is 0 Å². The first-order valence-electron chi connectivity index (χ1n) is 5.55. The van der Waals surface area contributed by atoms with E-state index in [-0.39, 0.29) is 24.3 Å². The van der Waals surface area contributed by atoms with Gasteiger partial charge in [0.2, 0.25) is 5.78 Å². The van der Waals surface area contributed by atoms with Crippen LogP contribution in [0.25, 0.3) is 0 Å². The van der Waals surface area contributed by atoms with Crippen molar-refractivity contribution in [2.24, 2.45) is 5.92 Å². The smallest absolute Gasteiger partial charge is 0.309 e. The lowest BCUT2D eigenvalue weighted by molar-refractivity contribution is -0.144. The number of rotatable bonds is 5. The van der Waals surface area contributed by atoms with Gasteiger partial charge >= 0.3 is 5.97 Å². The van der Waals surface area contributed by atoms with Crippen LogP contribution in [0.5, 0.6) is 5.75 Å². The normalized spacial score (nSPS) is 14.2. The molecule has 1 aliphatic rings. The molecule has 4 heteroatoms. The Morgan fingerprint density at radius 2 is 2.00 bits per heavy atom. The number of methoxy groups -OCH3 is 1. The summed E-state index contributed by atoms with van der Waals surface area (Å²) in [4.78, 5) is 23.1. The van der Waals surface area contributed by atoms with Crippen LogP contribution in [0, 0.1) is 5.92 Å². The molecule has 0 bridgehead atoms. The van der Waals surface area contributed by atoms with Gasteiger partial charge in [0.05, 0.1) is 18.6 Å². The van der Waals surface area contributed by atoms with E-state index in [2.05, 4.69) is 0 Å². The summed E-state index contributed by atoms with van der Waals surface area (Å²) in [7, 11) is 1.50. The van der Waals surface area contributed by atoms with Crippen LogP contribution in [0.4, 0.5) is 0 Å². The third kappa shape index (κ3) is 2.84. The Bertz CT molecular complexity index is 435. The number of Topliss-reactive ketones (excluding diaryl/α,β-unsaturated/α-hetero) is 1. The zero-order chi connectivity index (χ0) is 12.3. The second kappa shape index (κ2) is 4.99. The van der Waals surface area contributed by atoms with Gasteiger partial charge < -0.3 is 9.47 Å². The van der Waals surface area contributed by atoms with Crippen molar-refractivity contribution in [3.63, 3.8) is 0 Å². The fraction of sp³-hybridized carbons (Fsp3) is 0.385. The lowest BCUT2D eigenvalue weighted by atomic mass is 10.1. The lowest BCUT2D eigenvalue weighted by Crippen LogP contribution is -2.15. The molecule has 17 heavy (non-hydrogen) atoms. The number of benzene rings is 1. The first-order chi connectivity index (χ1) is 8.22. The van der Waals surface area contributed by atoms with Gasteiger partial charge in [-0.1, -0.05) is 12.1 Å². The molecule has 0 atom stereocenters. The summed E-state index contributed by atoms with van der Waals surface area (Å²) < 4.78 is 10.0. The molecule has 0 spiro atoms. The molecular weight excluding hydrogens is 220 g/mol. The molecular formula is C13H14O4. The minimum absolute atomic E-state index is 0.0143. The van der Waals surface area contributed by atoms with Gasteiger partial charge in [-0.05, 0) is 25.0 Å². The summed E-state index contributed by atoms with van der Waals surface area (Å²) in [6.07, 6.45) is 1.75. The molecule has 1 fully saturated rings. The maximum absolute atomic E-state index is 11.8. The van der Waals surface area contributed by atoms with E-state index in [9.17, 15) is 9.59 Å². The fourth-order valence-electron chi connectivity index (χ4n) is 1.53. The average molecular weight is 234 g/mol. The highest BCUT2D eigenvalue weighted by Crippen LogP contribution is 2.30. The van der Waals surface area contributed by atoms with E-state index >= 15 is 0 Å². The number of hydrogen-bond donors (Lipinski definition) is 0. The molecule has 1 saturated carbocycles. The minimum Gasteiger partial charge on any atom is -0.496 e. The topological polar surface area (TPSA) is 52.6 Å². The summed E-state index contributed by atoms with van der Waals surface area (Å²) in [5, 5.41) is 0. The van der Waals surface area contributed by atoms with Crippen molar-refractivity contribution in [1.82, 2.24) is 0 Å². The molecule has 0 heterocycles. The molecule has 4 nitrogen and oxygen atoms in total. The molecule has 1 aromatic carbocycles. The molecule has 0 unspecified atom stereocenters. The number of carbonyl (C=O) groups is 2. The highest BCUT2D eigenvalue weighted by molar-refractivity contribution is 6.00. The van der Waals surface area contributed by atoms with E-state index in [4.69, 9.17) is 9.47 Å². The Kier molecular flexibility index (Phi) is 3.42. The summed E-state index contributed by atoms with van der Waals surface area (Å²) in [6, 6.07) is 6.90. The second-order valence-electron chi connectivity index (χ2n) is 4.01. The Morgan fingerprint density at radius 3 is 2.65 bits per heavy atom. The third-order valence-electron chi connectivity index (χ3n) is 2.66. The quantitative estimate of drug-likeness (QED) is 0.576. The largest absolute Gasteiger partial charge is 0.496 e. The molecule has 0 aliphatic heterocycles. The molecule has 2 rings (SSSR count). The second-order valence-corrected chi connectivity index (χ2v) is 4.01. The van der Waals surface area contributed by atoms with Gasteiger partial charge in [0.1, 0.15) is 5.75 Å². The van der Waals surface area contributed by atoms with E-state index in [0.29, 0.717) is 11.3 Å².